The lowest BCUT2D eigenvalue weighted by molar-refractivity contribution is -0.137. The predicted octanol–water partition coefficient (Wildman–Crippen LogP) is 6.96. The number of aromatic nitrogens is 2. The Hall–Kier alpha value is -2.31. The summed E-state index contributed by atoms with van der Waals surface area (Å²) in [6.07, 6.45) is 4.76. The highest BCUT2D eigenvalue weighted by molar-refractivity contribution is 5.63. The minimum Gasteiger partial charge on any atom is -0.463 e. The summed E-state index contributed by atoms with van der Waals surface area (Å²) in [5, 5.41) is 0. The number of alkyl halides is 3. The molecule has 0 atom stereocenters. The predicted molar refractivity (Wildman–Crippen MR) is 114 cm³/mol. The minimum atomic E-state index is -4.55. The fourth-order valence-corrected chi connectivity index (χ4v) is 3.16. The highest BCUT2D eigenvalue weighted by Crippen LogP contribution is 2.37. The average Bonchev–Trinajstić information content (AvgIpc) is 2.73. The van der Waals surface area contributed by atoms with E-state index in [1.54, 1.807) is 7.05 Å². The van der Waals surface area contributed by atoms with Crippen LogP contribution >= 0.6 is 0 Å². The number of hydrogen-bond acceptors (Lipinski definition) is 4. The van der Waals surface area contributed by atoms with Crippen LogP contribution in [0.1, 0.15) is 69.9 Å². The number of halogens is 3. The smallest absolute Gasteiger partial charge is 0.421 e. The Bertz CT molecular complexity index is 763. The second kappa shape index (κ2) is 11.8. The van der Waals surface area contributed by atoms with Crippen LogP contribution in [0.2, 0.25) is 0 Å². The van der Waals surface area contributed by atoms with Gasteiger partial charge in [0.05, 0.1) is 6.61 Å². The van der Waals surface area contributed by atoms with Gasteiger partial charge in [0, 0.05) is 18.9 Å². The normalized spacial score (nSPS) is 11.5. The van der Waals surface area contributed by atoms with E-state index in [0.717, 1.165) is 38.3 Å². The number of benzene rings is 1. The van der Waals surface area contributed by atoms with Crippen molar-refractivity contribution >= 4 is 11.5 Å². The lowest BCUT2D eigenvalue weighted by Gasteiger charge is -2.23. The summed E-state index contributed by atoms with van der Waals surface area (Å²) in [6, 6.07) is 7.56. The summed E-state index contributed by atoms with van der Waals surface area (Å²) in [7, 11) is 1.58. The van der Waals surface area contributed by atoms with Gasteiger partial charge in [-0.1, -0.05) is 58.1 Å². The molecule has 2 rings (SSSR count). The van der Waals surface area contributed by atoms with Gasteiger partial charge in [-0.15, -0.1) is 0 Å². The molecule has 4 nitrogen and oxygen atoms in total. The number of ether oxygens (including phenoxy) is 1. The first-order valence-corrected chi connectivity index (χ1v) is 10.8. The molecule has 0 N–H and O–H groups in total. The molecule has 1 aromatic carbocycles. The third-order valence-corrected chi connectivity index (χ3v) is 4.99. The summed E-state index contributed by atoms with van der Waals surface area (Å²) in [4.78, 5) is 9.28. The van der Waals surface area contributed by atoms with Crippen LogP contribution in [-0.4, -0.2) is 23.6 Å². The summed E-state index contributed by atoms with van der Waals surface area (Å²) < 4.78 is 46.1. The van der Waals surface area contributed by atoms with Gasteiger partial charge in [-0.3, -0.25) is 0 Å². The Morgan fingerprint density at radius 3 is 2.23 bits per heavy atom. The largest absolute Gasteiger partial charge is 0.463 e. The zero-order valence-electron chi connectivity index (χ0n) is 18.1. The minimum absolute atomic E-state index is 0.0338. The first-order chi connectivity index (χ1) is 14.4. The van der Waals surface area contributed by atoms with Gasteiger partial charge in [0.25, 0.3) is 0 Å². The van der Waals surface area contributed by atoms with Gasteiger partial charge in [0.15, 0.2) is 5.82 Å². The van der Waals surface area contributed by atoms with Crippen molar-refractivity contribution in [2.24, 2.45) is 0 Å². The van der Waals surface area contributed by atoms with Crippen molar-refractivity contribution in [3.63, 3.8) is 0 Å². The van der Waals surface area contributed by atoms with Gasteiger partial charge >= 0.3 is 12.2 Å². The van der Waals surface area contributed by atoms with Crippen LogP contribution in [0.5, 0.6) is 6.01 Å². The third-order valence-electron chi connectivity index (χ3n) is 4.99. The number of aryl methyl sites for hydroxylation is 1. The van der Waals surface area contributed by atoms with Crippen LogP contribution < -0.4 is 9.64 Å². The molecule has 7 heteroatoms. The van der Waals surface area contributed by atoms with Gasteiger partial charge in [-0.25, -0.2) is 4.98 Å². The molecule has 30 heavy (non-hydrogen) atoms. The Labute approximate surface area is 177 Å². The molecule has 0 saturated heterocycles. The average molecular weight is 424 g/mol. The molecule has 0 aliphatic rings. The van der Waals surface area contributed by atoms with Crippen LogP contribution in [0.3, 0.4) is 0 Å². The zero-order chi connectivity index (χ0) is 22.0. The van der Waals surface area contributed by atoms with E-state index in [-0.39, 0.29) is 11.8 Å². The highest BCUT2D eigenvalue weighted by atomic mass is 19.4. The Kier molecular flexibility index (Phi) is 9.40. The van der Waals surface area contributed by atoms with Crippen molar-refractivity contribution in [2.75, 3.05) is 18.6 Å². The molecule has 0 spiro atoms. The summed E-state index contributed by atoms with van der Waals surface area (Å²) in [5.74, 6) is -0.210. The molecule has 1 aromatic heterocycles. The molecule has 2 aromatic rings. The van der Waals surface area contributed by atoms with E-state index >= 15 is 0 Å². The van der Waals surface area contributed by atoms with Crippen LogP contribution in [0, 0.1) is 0 Å². The molecule has 0 aliphatic carbocycles. The van der Waals surface area contributed by atoms with Gasteiger partial charge in [-0.05, 0) is 37.0 Å². The number of rotatable bonds is 12. The van der Waals surface area contributed by atoms with Crippen LogP contribution in [0.15, 0.2) is 30.5 Å². The number of anilines is 2. The van der Waals surface area contributed by atoms with E-state index < -0.39 is 11.7 Å². The molecule has 0 fully saturated rings. The van der Waals surface area contributed by atoms with Crippen molar-refractivity contribution in [3.05, 3.63) is 41.6 Å². The van der Waals surface area contributed by atoms with E-state index in [2.05, 4.69) is 23.8 Å². The fraction of sp³-hybridized carbons (Fsp3) is 0.565. The molecular formula is C23H32F3N3O. The summed E-state index contributed by atoms with van der Waals surface area (Å²) in [5.41, 5.74) is 0.935. The van der Waals surface area contributed by atoms with Crippen LogP contribution in [0.4, 0.5) is 24.7 Å². The standard InChI is InChI=1S/C23H32F3N3O/c1-4-6-8-9-11-18-12-14-19(15-13-18)29(3)21-20(23(24,25)26)17-27-22(28-21)30-16-10-7-5-2/h12-15,17H,4-11,16H2,1-3H3. The second-order valence-electron chi connectivity index (χ2n) is 7.48. The van der Waals surface area contributed by atoms with E-state index in [0.29, 0.717) is 12.3 Å². The van der Waals surface area contributed by atoms with Crippen molar-refractivity contribution in [2.45, 2.75) is 71.4 Å². The maximum atomic E-state index is 13.5. The lowest BCUT2D eigenvalue weighted by atomic mass is 10.1. The number of hydrogen-bond donors (Lipinski definition) is 0. The molecule has 0 unspecified atom stereocenters. The maximum absolute atomic E-state index is 13.5. The van der Waals surface area contributed by atoms with E-state index in [4.69, 9.17) is 4.74 Å². The maximum Gasteiger partial charge on any atom is 0.421 e. The van der Waals surface area contributed by atoms with Crippen LogP contribution in [-0.2, 0) is 12.6 Å². The monoisotopic (exact) mass is 423 g/mol. The number of nitrogens with zero attached hydrogens (tertiary/aromatic N) is 3. The first kappa shape index (κ1) is 24.0. The Morgan fingerprint density at radius 1 is 0.933 bits per heavy atom. The van der Waals surface area contributed by atoms with Crippen LogP contribution in [0.25, 0.3) is 0 Å². The van der Waals surface area contributed by atoms with Gasteiger partial charge in [0.1, 0.15) is 5.56 Å². The summed E-state index contributed by atoms with van der Waals surface area (Å²) in [6.45, 7) is 4.63. The van der Waals surface area contributed by atoms with Gasteiger partial charge in [0.2, 0.25) is 0 Å². The van der Waals surface area contributed by atoms with Crippen molar-refractivity contribution in [1.29, 1.82) is 0 Å². The Balaban J connectivity index is 2.17. The third kappa shape index (κ3) is 7.18. The summed E-state index contributed by atoms with van der Waals surface area (Å²) >= 11 is 0. The van der Waals surface area contributed by atoms with Crippen molar-refractivity contribution in [1.82, 2.24) is 9.97 Å². The van der Waals surface area contributed by atoms with Crippen molar-refractivity contribution in [3.8, 4) is 6.01 Å². The van der Waals surface area contributed by atoms with E-state index in [1.807, 2.05) is 24.3 Å². The van der Waals surface area contributed by atoms with Gasteiger partial charge in [-0.2, -0.15) is 18.2 Å². The number of unbranched alkanes of at least 4 members (excludes halogenated alkanes) is 5. The molecule has 0 amide bonds. The fourth-order valence-electron chi connectivity index (χ4n) is 3.16. The SMILES string of the molecule is CCCCCCc1ccc(N(C)c2nc(OCCCCC)ncc2C(F)(F)F)cc1. The molecule has 1 heterocycles. The molecule has 0 saturated carbocycles. The van der Waals surface area contributed by atoms with Crippen molar-refractivity contribution < 1.29 is 17.9 Å². The topological polar surface area (TPSA) is 38.2 Å². The Morgan fingerprint density at radius 2 is 1.60 bits per heavy atom. The molecule has 0 aliphatic heterocycles. The molecule has 166 valence electrons. The lowest BCUT2D eigenvalue weighted by Crippen LogP contribution is -2.19. The van der Waals surface area contributed by atoms with E-state index in [9.17, 15) is 13.2 Å². The molecule has 0 radical (unpaired) electrons. The molecule has 0 bridgehead atoms. The highest BCUT2D eigenvalue weighted by Gasteiger charge is 2.36. The van der Waals surface area contributed by atoms with E-state index in [1.165, 1.54) is 29.7 Å². The first-order valence-electron chi connectivity index (χ1n) is 10.8. The zero-order valence-corrected chi connectivity index (χ0v) is 18.1. The second-order valence-corrected chi connectivity index (χ2v) is 7.48. The molecular weight excluding hydrogens is 391 g/mol. The van der Waals surface area contributed by atoms with Gasteiger partial charge < -0.3 is 9.64 Å². The quantitative estimate of drug-likeness (QED) is 0.346.